The van der Waals surface area contributed by atoms with Gasteiger partial charge in [0.15, 0.2) is 0 Å². The van der Waals surface area contributed by atoms with Crippen LogP contribution in [0, 0.1) is 6.92 Å². The van der Waals surface area contributed by atoms with Crippen molar-refractivity contribution < 1.29 is 14.3 Å². The van der Waals surface area contributed by atoms with Gasteiger partial charge in [-0.3, -0.25) is 4.90 Å². The van der Waals surface area contributed by atoms with E-state index in [1.807, 2.05) is 49.4 Å². The molecule has 2 atom stereocenters. The number of para-hydroxylation sites is 1. The number of hydrogen-bond acceptors (Lipinski definition) is 4. The van der Waals surface area contributed by atoms with Gasteiger partial charge in [-0.1, -0.05) is 25.1 Å². The monoisotopic (exact) mass is 317 g/mol. The second-order valence-electron chi connectivity index (χ2n) is 5.98. The Bertz CT molecular complexity index is 567. The number of hydrogen-bond donors (Lipinski definition) is 1. The van der Waals surface area contributed by atoms with E-state index < -0.39 is 6.10 Å². The zero-order valence-corrected chi connectivity index (χ0v) is 14.2. The van der Waals surface area contributed by atoms with Gasteiger partial charge in [0.05, 0.1) is 6.54 Å². The Hall–Kier alpha value is -1.78. The number of furan rings is 1. The van der Waals surface area contributed by atoms with E-state index in [2.05, 4.69) is 18.7 Å². The van der Waals surface area contributed by atoms with Gasteiger partial charge in [-0.25, -0.2) is 0 Å². The second kappa shape index (κ2) is 8.75. The van der Waals surface area contributed by atoms with Crippen LogP contribution in [0.5, 0.6) is 5.75 Å². The van der Waals surface area contributed by atoms with Crippen molar-refractivity contribution in [1.82, 2.24) is 4.90 Å². The van der Waals surface area contributed by atoms with Crippen LogP contribution in [-0.2, 0) is 6.54 Å². The summed E-state index contributed by atoms with van der Waals surface area (Å²) >= 11 is 0. The van der Waals surface area contributed by atoms with E-state index in [0.29, 0.717) is 19.1 Å². The second-order valence-corrected chi connectivity index (χ2v) is 5.98. The summed E-state index contributed by atoms with van der Waals surface area (Å²) in [5.41, 5.74) is 0. The number of aliphatic hydroxyl groups excluding tert-OH is 1. The molecule has 1 heterocycles. The Morgan fingerprint density at radius 3 is 2.52 bits per heavy atom. The summed E-state index contributed by atoms with van der Waals surface area (Å²) in [6.07, 6.45) is 0.478. The van der Waals surface area contributed by atoms with Crippen LogP contribution < -0.4 is 4.74 Å². The summed E-state index contributed by atoms with van der Waals surface area (Å²) in [5, 5.41) is 10.3. The van der Waals surface area contributed by atoms with Crippen LogP contribution in [0.15, 0.2) is 46.9 Å². The highest BCUT2D eigenvalue weighted by molar-refractivity contribution is 5.20. The maximum atomic E-state index is 10.3. The minimum Gasteiger partial charge on any atom is -0.491 e. The Kier molecular flexibility index (Phi) is 6.68. The predicted octanol–water partition coefficient (Wildman–Crippen LogP) is 3.63. The van der Waals surface area contributed by atoms with Crippen LogP contribution in [-0.4, -0.2) is 35.3 Å². The van der Waals surface area contributed by atoms with E-state index in [0.717, 1.165) is 23.7 Å². The van der Waals surface area contributed by atoms with Crippen molar-refractivity contribution in [2.24, 2.45) is 0 Å². The van der Waals surface area contributed by atoms with Crippen LogP contribution in [0.1, 0.15) is 31.8 Å². The van der Waals surface area contributed by atoms with Gasteiger partial charge in [0.2, 0.25) is 0 Å². The van der Waals surface area contributed by atoms with Crippen molar-refractivity contribution in [2.75, 3.05) is 13.2 Å². The third kappa shape index (κ3) is 5.73. The summed E-state index contributed by atoms with van der Waals surface area (Å²) in [4.78, 5) is 2.23. The molecule has 4 heteroatoms. The van der Waals surface area contributed by atoms with Crippen LogP contribution >= 0.6 is 0 Å². The number of aliphatic hydroxyl groups is 1. The Balaban J connectivity index is 1.88. The average molecular weight is 317 g/mol. The van der Waals surface area contributed by atoms with E-state index in [9.17, 15) is 5.11 Å². The first-order valence-electron chi connectivity index (χ1n) is 8.23. The zero-order valence-electron chi connectivity index (χ0n) is 14.2. The lowest BCUT2D eigenvalue weighted by atomic mass is 10.2. The van der Waals surface area contributed by atoms with Crippen LogP contribution in [0.4, 0.5) is 0 Å². The van der Waals surface area contributed by atoms with Gasteiger partial charge in [0.25, 0.3) is 0 Å². The number of ether oxygens (including phenoxy) is 1. The maximum absolute atomic E-state index is 10.3. The largest absolute Gasteiger partial charge is 0.491 e. The number of benzene rings is 1. The van der Waals surface area contributed by atoms with Crippen molar-refractivity contribution in [3.63, 3.8) is 0 Å². The number of nitrogens with zero attached hydrogens (tertiary/aromatic N) is 1. The van der Waals surface area contributed by atoms with Crippen LogP contribution in [0.25, 0.3) is 0 Å². The molecule has 0 fully saturated rings. The quantitative estimate of drug-likeness (QED) is 0.767. The highest BCUT2D eigenvalue weighted by Gasteiger charge is 2.18. The van der Waals surface area contributed by atoms with E-state index in [1.165, 1.54) is 0 Å². The topological polar surface area (TPSA) is 45.8 Å². The van der Waals surface area contributed by atoms with Gasteiger partial charge in [0.1, 0.15) is 30.0 Å². The molecule has 2 rings (SSSR count). The van der Waals surface area contributed by atoms with Crippen LogP contribution in [0.3, 0.4) is 0 Å². The molecule has 23 heavy (non-hydrogen) atoms. The first kappa shape index (κ1) is 17.6. The molecule has 0 saturated heterocycles. The van der Waals surface area contributed by atoms with Crippen molar-refractivity contribution in [1.29, 1.82) is 0 Å². The van der Waals surface area contributed by atoms with Gasteiger partial charge >= 0.3 is 0 Å². The van der Waals surface area contributed by atoms with Crippen LogP contribution in [0.2, 0.25) is 0 Å². The molecule has 0 radical (unpaired) electrons. The molecule has 4 nitrogen and oxygen atoms in total. The fraction of sp³-hybridized carbons (Fsp3) is 0.474. The van der Waals surface area contributed by atoms with E-state index in [4.69, 9.17) is 9.15 Å². The predicted molar refractivity (Wildman–Crippen MR) is 91.6 cm³/mol. The van der Waals surface area contributed by atoms with Crippen molar-refractivity contribution in [3.8, 4) is 5.75 Å². The molecule has 2 aromatic rings. The van der Waals surface area contributed by atoms with Crippen molar-refractivity contribution in [2.45, 2.75) is 45.9 Å². The maximum Gasteiger partial charge on any atom is 0.119 e. The molecule has 0 amide bonds. The molecule has 0 unspecified atom stereocenters. The molecule has 126 valence electrons. The molecule has 0 aliphatic carbocycles. The summed E-state index contributed by atoms with van der Waals surface area (Å²) in [6, 6.07) is 13.9. The highest BCUT2D eigenvalue weighted by atomic mass is 16.5. The molecule has 1 aromatic carbocycles. The minimum absolute atomic E-state index is 0.286. The number of rotatable bonds is 9. The van der Waals surface area contributed by atoms with Gasteiger partial charge in [-0.15, -0.1) is 0 Å². The normalized spacial score (nSPS) is 14.0. The zero-order chi connectivity index (χ0) is 16.7. The summed E-state index contributed by atoms with van der Waals surface area (Å²) in [6.45, 7) is 7.80. The van der Waals surface area contributed by atoms with E-state index >= 15 is 0 Å². The first-order valence-corrected chi connectivity index (χ1v) is 8.23. The van der Waals surface area contributed by atoms with Gasteiger partial charge < -0.3 is 14.3 Å². The lowest BCUT2D eigenvalue weighted by molar-refractivity contribution is 0.0477. The van der Waals surface area contributed by atoms with E-state index in [-0.39, 0.29) is 6.61 Å². The first-order chi connectivity index (χ1) is 11.1. The average Bonchev–Trinajstić information content (AvgIpc) is 2.97. The molecular weight excluding hydrogens is 290 g/mol. The third-order valence-corrected chi connectivity index (χ3v) is 4.00. The fourth-order valence-corrected chi connectivity index (χ4v) is 2.46. The Morgan fingerprint density at radius 2 is 1.91 bits per heavy atom. The van der Waals surface area contributed by atoms with Gasteiger partial charge in [0, 0.05) is 12.6 Å². The molecule has 1 aromatic heterocycles. The molecular formula is C19H27NO3. The number of aryl methyl sites for hydroxylation is 1. The fourth-order valence-electron chi connectivity index (χ4n) is 2.46. The molecule has 0 bridgehead atoms. The molecule has 0 saturated carbocycles. The smallest absolute Gasteiger partial charge is 0.119 e. The third-order valence-electron chi connectivity index (χ3n) is 4.00. The highest BCUT2D eigenvalue weighted by Crippen LogP contribution is 2.15. The Morgan fingerprint density at radius 1 is 1.17 bits per heavy atom. The lowest BCUT2D eigenvalue weighted by Crippen LogP contribution is -2.40. The lowest BCUT2D eigenvalue weighted by Gasteiger charge is -2.29. The van der Waals surface area contributed by atoms with Crippen molar-refractivity contribution >= 4 is 0 Å². The van der Waals surface area contributed by atoms with Gasteiger partial charge in [-0.2, -0.15) is 0 Å². The Labute approximate surface area is 138 Å². The van der Waals surface area contributed by atoms with E-state index in [1.54, 1.807) is 0 Å². The molecule has 0 spiro atoms. The summed E-state index contributed by atoms with van der Waals surface area (Å²) < 4.78 is 11.3. The standard InChI is InChI=1S/C19H27NO3/c1-4-15(2)20(13-19-11-10-16(3)23-19)12-17(21)14-22-18-8-6-5-7-9-18/h5-11,15,17,21H,4,12-14H2,1-3H3/t15-,17-/m0/s1. The van der Waals surface area contributed by atoms with Crippen molar-refractivity contribution in [3.05, 3.63) is 54.0 Å². The molecule has 1 N–H and O–H groups in total. The molecule has 0 aliphatic heterocycles. The minimum atomic E-state index is -0.541. The summed E-state index contributed by atoms with van der Waals surface area (Å²) in [7, 11) is 0. The summed E-state index contributed by atoms with van der Waals surface area (Å²) in [5.74, 6) is 2.62. The van der Waals surface area contributed by atoms with Gasteiger partial charge in [-0.05, 0) is 44.5 Å². The SMILES string of the molecule is CC[C@H](C)N(Cc1ccc(C)o1)C[C@H](O)COc1ccccc1. The molecule has 0 aliphatic rings.